The van der Waals surface area contributed by atoms with Crippen molar-refractivity contribution in [3.8, 4) is 0 Å². The average molecular weight is 363 g/mol. The van der Waals surface area contributed by atoms with Crippen LogP contribution in [0.1, 0.15) is 5.56 Å². The lowest BCUT2D eigenvalue weighted by Gasteiger charge is -2.35. The molecule has 0 atom stereocenters. The molecular formula is C17H23ClN6O. The molecule has 7 nitrogen and oxygen atoms in total. The average Bonchev–Trinajstić information content (AvgIpc) is 2.63. The van der Waals surface area contributed by atoms with E-state index >= 15 is 0 Å². The number of benzene rings is 1. The highest BCUT2D eigenvalue weighted by molar-refractivity contribution is 6.31. The smallest absolute Gasteiger partial charge is 0.157 e. The number of rotatable bonds is 6. The van der Waals surface area contributed by atoms with Gasteiger partial charge in [0, 0.05) is 44.3 Å². The molecule has 8 heteroatoms. The third kappa shape index (κ3) is 4.31. The molecule has 0 bridgehead atoms. The summed E-state index contributed by atoms with van der Waals surface area (Å²) in [5.41, 5.74) is 7.83. The maximum Gasteiger partial charge on any atom is 0.157 e. The van der Waals surface area contributed by atoms with Crippen LogP contribution < -0.4 is 16.0 Å². The highest BCUT2D eigenvalue weighted by Crippen LogP contribution is 2.27. The molecule has 1 fully saturated rings. The molecule has 0 saturated carbocycles. The van der Waals surface area contributed by atoms with Gasteiger partial charge in [0.25, 0.3) is 0 Å². The van der Waals surface area contributed by atoms with Gasteiger partial charge in [0.2, 0.25) is 0 Å². The van der Waals surface area contributed by atoms with Crippen LogP contribution in [-0.2, 0) is 6.54 Å². The topological polar surface area (TPSA) is 90.5 Å². The number of aromatic nitrogens is 2. The summed E-state index contributed by atoms with van der Waals surface area (Å²) in [5.74, 6) is 1.36. The predicted molar refractivity (Wildman–Crippen MR) is 101 cm³/mol. The van der Waals surface area contributed by atoms with Crippen molar-refractivity contribution in [2.45, 2.75) is 6.54 Å². The summed E-state index contributed by atoms with van der Waals surface area (Å²) in [5, 5.41) is 13.0. The van der Waals surface area contributed by atoms with Crippen LogP contribution in [0.2, 0.25) is 5.02 Å². The normalized spacial score (nSPS) is 15.4. The SMILES string of the molecule is Nc1c(NCc2ccccc2Cl)ncnc1N1CCN(CCO)CC1. The number of aliphatic hydroxyl groups is 1. The summed E-state index contributed by atoms with van der Waals surface area (Å²) in [6, 6.07) is 7.68. The van der Waals surface area contributed by atoms with Crippen LogP contribution in [0.15, 0.2) is 30.6 Å². The maximum absolute atomic E-state index is 9.04. The van der Waals surface area contributed by atoms with E-state index in [0.717, 1.165) is 37.6 Å². The summed E-state index contributed by atoms with van der Waals surface area (Å²) >= 11 is 6.19. The van der Waals surface area contributed by atoms with E-state index in [0.29, 0.717) is 29.6 Å². The molecule has 0 unspecified atom stereocenters. The van der Waals surface area contributed by atoms with Crippen LogP contribution in [0.25, 0.3) is 0 Å². The number of nitrogens with two attached hydrogens (primary N) is 1. The number of hydrogen-bond acceptors (Lipinski definition) is 7. The first-order chi connectivity index (χ1) is 12.2. The Kier molecular flexibility index (Phi) is 5.91. The molecule has 2 heterocycles. The number of hydrogen-bond donors (Lipinski definition) is 3. The van der Waals surface area contributed by atoms with E-state index in [-0.39, 0.29) is 6.61 Å². The van der Waals surface area contributed by atoms with Gasteiger partial charge >= 0.3 is 0 Å². The van der Waals surface area contributed by atoms with Crippen molar-refractivity contribution >= 4 is 28.9 Å². The van der Waals surface area contributed by atoms with E-state index in [4.69, 9.17) is 22.4 Å². The molecule has 0 radical (unpaired) electrons. The number of nitrogens with one attached hydrogen (secondary N) is 1. The molecule has 1 saturated heterocycles. The summed E-state index contributed by atoms with van der Waals surface area (Å²) < 4.78 is 0. The molecule has 0 spiro atoms. The number of nitrogen functional groups attached to an aromatic ring is 1. The van der Waals surface area contributed by atoms with Gasteiger partial charge in [-0.05, 0) is 11.6 Å². The number of aliphatic hydroxyl groups excluding tert-OH is 1. The van der Waals surface area contributed by atoms with E-state index in [2.05, 4.69) is 25.1 Å². The van der Waals surface area contributed by atoms with E-state index in [1.54, 1.807) is 0 Å². The van der Waals surface area contributed by atoms with Crippen molar-refractivity contribution < 1.29 is 5.11 Å². The van der Waals surface area contributed by atoms with E-state index in [1.165, 1.54) is 6.33 Å². The molecular weight excluding hydrogens is 340 g/mol. The first-order valence-corrected chi connectivity index (χ1v) is 8.72. The van der Waals surface area contributed by atoms with E-state index in [9.17, 15) is 0 Å². The maximum atomic E-state index is 9.04. The predicted octanol–water partition coefficient (Wildman–Crippen LogP) is 1.44. The number of β-amino-alcohol motifs (C(OH)–C–C–N with tert-alkyl or cyclic N) is 1. The second-order valence-electron chi connectivity index (χ2n) is 5.96. The van der Waals surface area contributed by atoms with Crippen molar-refractivity contribution in [1.29, 1.82) is 0 Å². The fraction of sp³-hybridized carbons (Fsp3) is 0.412. The zero-order chi connectivity index (χ0) is 17.6. The van der Waals surface area contributed by atoms with Gasteiger partial charge in [-0.15, -0.1) is 0 Å². The highest BCUT2D eigenvalue weighted by Gasteiger charge is 2.20. The van der Waals surface area contributed by atoms with Crippen LogP contribution in [0.4, 0.5) is 17.3 Å². The Balaban J connectivity index is 1.67. The van der Waals surface area contributed by atoms with Gasteiger partial charge in [-0.25, -0.2) is 9.97 Å². The molecule has 0 aliphatic carbocycles. The number of nitrogens with zero attached hydrogens (tertiary/aromatic N) is 4. The minimum Gasteiger partial charge on any atom is -0.395 e. The van der Waals surface area contributed by atoms with Gasteiger partial charge in [-0.3, -0.25) is 4.90 Å². The van der Waals surface area contributed by atoms with Crippen LogP contribution in [0.5, 0.6) is 0 Å². The van der Waals surface area contributed by atoms with Crippen molar-refractivity contribution in [1.82, 2.24) is 14.9 Å². The fourth-order valence-corrected chi connectivity index (χ4v) is 3.13. The standard InChI is InChI=1S/C17H23ClN6O/c18-14-4-2-1-3-13(14)11-20-16-15(19)17(22-12-21-16)24-7-5-23(6-8-24)9-10-25/h1-4,12,25H,5-11,19H2,(H,20,21,22). The summed E-state index contributed by atoms with van der Waals surface area (Å²) in [6.45, 7) is 4.85. The number of halogens is 1. The van der Waals surface area contributed by atoms with Crippen molar-refractivity contribution in [2.75, 3.05) is 55.3 Å². The molecule has 134 valence electrons. The Morgan fingerprint density at radius 2 is 1.92 bits per heavy atom. The van der Waals surface area contributed by atoms with Gasteiger partial charge in [0.1, 0.15) is 12.0 Å². The molecule has 1 aliphatic heterocycles. The zero-order valence-corrected chi connectivity index (χ0v) is 14.8. The Morgan fingerprint density at radius 3 is 2.64 bits per heavy atom. The zero-order valence-electron chi connectivity index (χ0n) is 14.0. The van der Waals surface area contributed by atoms with Gasteiger partial charge < -0.3 is 21.1 Å². The van der Waals surface area contributed by atoms with E-state index in [1.807, 2.05) is 24.3 Å². The quantitative estimate of drug-likeness (QED) is 0.716. The Morgan fingerprint density at radius 1 is 1.16 bits per heavy atom. The van der Waals surface area contributed by atoms with Gasteiger partial charge in [0.05, 0.1) is 6.61 Å². The molecule has 0 amide bonds. The van der Waals surface area contributed by atoms with Crippen molar-refractivity contribution in [3.05, 3.63) is 41.2 Å². The molecule has 1 aromatic heterocycles. The van der Waals surface area contributed by atoms with Crippen LogP contribution in [0.3, 0.4) is 0 Å². The number of anilines is 3. The minimum absolute atomic E-state index is 0.186. The summed E-state index contributed by atoms with van der Waals surface area (Å²) in [6.07, 6.45) is 1.53. The molecule has 4 N–H and O–H groups in total. The third-order valence-electron chi connectivity index (χ3n) is 4.36. The third-order valence-corrected chi connectivity index (χ3v) is 4.72. The van der Waals surface area contributed by atoms with Crippen LogP contribution in [0, 0.1) is 0 Å². The number of piperazine rings is 1. The Hall–Kier alpha value is -2.09. The minimum atomic E-state index is 0.186. The van der Waals surface area contributed by atoms with Crippen molar-refractivity contribution in [3.63, 3.8) is 0 Å². The summed E-state index contributed by atoms with van der Waals surface area (Å²) in [7, 11) is 0. The largest absolute Gasteiger partial charge is 0.395 e. The molecule has 1 aliphatic rings. The van der Waals surface area contributed by atoms with E-state index < -0.39 is 0 Å². The van der Waals surface area contributed by atoms with Crippen LogP contribution >= 0.6 is 11.6 Å². The first-order valence-electron chi connectivity index (χ1n) is 8.35. The lowest BCUT2D eigenvalue weighted by molar-refractivity contribution is 0.188. The molecule has 1 aromatic carbocycles. The lowest BCUT2D eigenvalue weighted by Crippen LogP contribution is -2.47. The Labute approximate surface area is 152 Å². The van der Waals surface area contributed by atoms with Gasteiger partial charge in [0.15, 0.2) is 11.6 Å². The van der Waals surface area contributed by atoms with Gasteiger partial charge in [-0.1, -0.05) is 29.8 Å². The second kappa shape index (κ2) is 8.33. The molecule has 2 aromatic rings. The van der Waals surface area contributed by atoms with Gasteiger partial charge in [-0.2, -0.15) is 0 Å². The molecule has 3 rings (SSSR count). The Bertz CT molecular complexity index is 705. The second-order valence-corrected chi connectivity index (χ2v) is 6.36. The molecule has 25 heavy (non-hydrogen) atoms. The van der Waals surface area contributed by atoms with Crippen LogP contribution in [-0.4, -0.2) is 59.3 Å². The highest BCUT2D eigenvalue weighted by atomic mass is 35.5. The first kappa shape index (κ1) is 17.7. The van der Waals surface area contributed by atoms with Crippen molar-refractivity contribution in [2.24, 2.45) is 0 Å². The fourth-order valence-electron chi connectivity index (χ4n) is 2.92. The summed E-state index contributed by atoms with van der Waals surface area (Å²) in [4.78, 5) is 13.0. The lowest BCUT2D eigenvalue weighted by atomic mass is 10.2. The monoisotopic (exact) mass is 362 g/mol.